The SMILES string of the molecule is Nc1nc(=O)c2c(CCc3ccc(C(=O)N[C@@](N)(CCC(=O)O)C(=O)O)cc3)c[nH]c2[nH]1. The van der Waals surface area contributed by atoms with Crippen LogP contribution < -0.4 is 22.3 Å². The number of benzene rings is 1. The summed E-state index contributed by atoms with van der Waals surface area (Å²) in [6, 6.07) is 6.41. The smallest absolute Gasteiger partial charge is 0.344 e. The summed E-state index contributed by atoms with van der Waals surface area (Å²) in [4.78, 5) is 56.1. The van der Waals surface area contributed by atoms with E-state index in [1.807, 2.05) is 0 Å². The first-order valence-corrected chi connectivity index (χ1v) is 9.60. The summed E-state index contributed by atoms with van der Waals surface area (Å²) in [6.45, 7) is 0. The van der Waals surface area contributed by atoms with Gasteiger partial charge in [-0.25, -0.2) is 4.79 Å². The number of nitrogens with two attached hydrogens (primary N) is 2. The van der Waals surface area contributed by atoms with Crippen molar-refractivity contribution in [3.8, 4) is 0 Å². The lowest BCUT2D eigenvalue weighted by molar-refractivity contribution is -0.145. The third-order valence-corrected chi connectivity index (χ3v) is 5.00. The van der Waals surface area contributed by atoms with E-state index >= 15 is 0 Å². The van der Waals surface area contributed by atoms with Crippen LogP contribution in [0.15, 0.2) is 35.3 Å². The normalized spacial score (nSPS) is 12.9. The zero-order valence-electron chi connectivity index (χ0n) is 16.8. The topological polar surface area (TPSA) is 217 Å². The number of carboxylic acids is 2. The maximum absolute atomic E-state index is 12.4. The summed E-state index contributed by atoms with van der Waals surface area (Å²) < 4.78 is 0. The molecule has 3 aromatic rings. The van der Waals surface area contributed by atoms with Gasteiger partial charge < -0.3 is 31.2 Å². The van der Waals surface area contributed by atoms with Crippen LogP contribution in [-0.4, -0.2) is 48.7 Å². The molecule has 0 saturated heterocycles. The molecule has 0 aliphatic carbocycles. The molecule has 0 unspecified atom stereocenters. The molecule has 0 bridgehead atoms. The van der Waals surface area contributed by atoms with Crippen molar-refractivity contribution in [3.05, 3.63) is 57.5 Å². The molecule has 0 aliphatic heterocycles. The third kappa shape index (κ3) is 4.92. The van der Waals surface area contributed by atoms with Crippen molar-refractivity contribution < 1.29 is 24.6 Å². The number of amides is 1. The van der Waals surface area contributed by atoms with E-state index in [2.05, 4.69) is 20.3 Å². The van der Waals surface area contributed by atoms with Crippen molar-refractivity contribution in [1.82, 2.24) is 20.3 Å². The minimum absolute atomic E-state index is 0.0251. The molecule has 12 heteroatoms. The number of aromatic nitrogens is 3. The number of H-pyrrole nitrogens is 2. The number of nitrogen functional groups attached to an aromatic ring is 1. The van der Waals surface area contributed by atoms with Gasteiger partial charge in [0, 0.05) is 24.6 Å². The van der Waals surface area contributed by atoms with Gasteiger partial charge in [-0.15, -0.1) is 0 Å². The van der Waals surface area contributed by atoms with E-state index in [1.54, 1.807) is 18.3 Å². The Hall–Kier alpha value is -4.19. The molecule has 1 aromatic carbocycles. The fraction of sp³-hybridized carbons (Fsp3) is 0.250. The Morgan fingerprint density at radius 1 is 1.12 bits per heavy atom. The molecule has 0 fully saturated rings. The Morgan fingerprint density at radius 2 is 1.81 bits per heavy atom. The number of carbonyl (C=O) groups is 3. The lowest BCUT2D eigenvalue weighted by Gasteiger charge is -2.25. The molecule has 168 valence electrons. The number of hydrogen-bond acceptors (Lipinski definition) is 7. The minimum Gasteiger partial charge on any atom is -0.481 e. The molecule has 0 saturated carbocycles. The molecule has 1 atom stereocenters. The van der Waals surface area contributed by atoms with Gasteiger partial charge in [0.05, 0.1) is 5.39 Å². The molecular weight excluding hydrogens is 420 g/mol. The van der Waals surface area contributed by atoms with Gasteiger partial charge in [-0.05, 0) is 36.1 Å². The number of aromatic amines is 2. The number of hydrogen-bond donors (Lipinski definition) is 7. The molecule has 9 N–H and O–H groups in total. The molecule has 2 heterocycles. The van der Waals surface area contributed by atoms with Crippen LogP contribution in [0.3, 0.4) is 0 Å². The first-order valence-electron chi connectivity index (χ1n) is 9.60. The number of carbonyl (C=O) groups excluding carboxylic acids is 1. The Balaban J connectivity index is 1.67. The predicted molar refractivity (Wildman–Crippen MR) is 114 cm³/mol. The predicted octanol–water partition coefficient (Wildman–Crippen LogP) is -0.0472. The maximum Gasteiger partial charge on any atom is 0.344 e. The summed E-state index contributed by atoms with van der Waals surface area (Å²) in [5.74, 6) is -3.47. The second kappa shape index (κ2) is 8.89. The van der Waals surface area contributed by atoms with Crippen molar-refractivity contribution in [2.75, 3.05) is 5.73 Å². The van der Waals surface area contributed by atoms with E-state index in [1.165, 1.54) is 12.1 Å². The zero-order chi connectivity index (χ0) is 23.5. The number of rotatable bonds is 9. The number of anilines is 1. The molecule has 12 nitrogen and oxygen atoms in total. The molecule has 32 heavy (non-hydrogen) atoms. The lowest BCUT2D eigenvalue weighted by Crippen LogP contribution is -2.61. The van der Waals surface area contributed by atoms with E-state index in [9.17, 15) is 24.3 Å². The summed E-state index contributed by atoms with van der Waals surface area (Å²) in [7, 11) is 0. The number of carboxylic acid groups (broad SMARTS) is 2. The summed E-state index contributed by atoms with van der Waals surface area (Å²) in [5.41, 5.74) is 10.9. The zero-order valence-corrected chi connectivity index (χ0v) is 16.8. The Morgan fingerprint density at radius 3 is 2.44 bits per heavy atom. The van der Waals surface area contributed by atoms with E-state index in [0.29, 0.717) is 23.9 Å². The van der Waals surface area contributed by atoms with E-state index in [4.69, 9.17) is 16.6 Å². The highest BCUT2D eigenvalue weighted by Crippen LogP contribution is 2.16. The highest BCUT2D eigenvalue weighted by Gasteiger charge is 2.36. The molecule has 1 amide bonds. The fourth-order valence-corrected chi connectivity index (χ4v) is 3.23. The van der Waals surface area contributed by atoms with Crippen LogP contribution in [0.1, 0.15) is 34.3 Å². The number of aliphatic carboxylic acids is 2. The van der Waals surface area contributed by atoms with Gasteiger partial charge in [-0.2, -0.15) is 4.98 Å². The van der Waals surface area contributed by atoms with E-state index in [-0.39, 0.29) is 11.5 Å². The quantitative estimate of drug-likeness (QED) is 0.221. The molecule has 2 aromatic heterocycles. The van der Waals surface area contributed by atoms with Crippen LogP contribution in [0, 0.1) is 0 Å². The second-order valence-corrected chi connectivity index (χ2v) is 7.31. The minimum atomic E-state index is -2.20. The van der Waals surface area contributed by atoms with Crippen molar-refractivity contribution in [2.24, 2.45) is 5.73 Å². The number of nitrogens with zero attached hydrogens (tertiary/aromatic N) is 1. The molecule has 0 aliphatic rings. The summed E-state index contributed by atoms with van der Waals surface area (Å²) in [5, 5.41) is 20.7. The standard InChI is InChI=1S/C20H22N6O6/c21-19-24-15-14(17(30)25-19)12(9-23-15)6-3-10-1-4-11(5-2-10)16(29)26-20(22,18(31)32)8-7-13(27)28/h1-2,4-5,9H,3,6-8,22H2,(H,26,29)(H,27,28)(H,31,32)(H4,21,23,24,25,30)/t20-/m0/s1. The Labute approximate surface area is 180 Å². The number of fused-ring (bicyclic) bond motifs is 1. The van der Waals surface area contributed by atoms with Gasteiger partial charge in [-0.1, -0.05) is 12.1 Å². The van der Waals surface area contributed by atoms with Crippen molar-refractivity contribution >= 4 is 34.8 Å². The first-order chi connectivity index (χ1) is 15.1. The van der Waals surface area contributed by atoms with Gasteiger partial charge >= 0.3 is 11.9 Å². The van der Waals surface area contributed by atoms with Crippen LogP contribution >= 0.6 is 0 Å². The van der Waals surface area contributed by atoms with Crippen LogP contribution in [0.4, 0.5) is 5.95 Å². The van der Waals surface area contributed by atoms with Gasteiger partial charge in [-0.3, -0.25) is 20.1 Å². The maximum atomic E-state index is 12.4. The second-order valence-electron chi connectivity index (χ2n) is 7.31. The van der Waals surface area contributed by atoms with E-state index < -0.39 is 41.9 Å². The fourth-order valence-electron chi connectivity index (χ4n) is 3.23. The lowest BCUT2D eigenvalue weighted by atomic mass is 10.0. The molecule has 3 rings (SSSR count). The Kier molecular flexibility index (Phi) is 6.25. The number of aryl methyl sites for hydroxylation is 2. The molecule has 0 radical (unpaired) electrons. The summed E-state index contributed by atoms with van der Waals surface area (Å²) >= 11 is 0. The average Bonchev–Trinajstić information content (AvgIpc) is 3.14. The van der Waals surface area contributed by atoms with E-state index in [0.717, 1.165) is 11.1 Å². The van der Waals surface area contributed by atoms with Gasteiger partial charge in [0.2, 0.25) is 5.95 Å². The monoisotopic (exact) mass is 442 g/mol. The average molecular weight is 442 g/mol. The molecule has 0 spiro atoms. The highest BCUT2D eigenvalue weighted by molar-refractivity contribution is 5.97. The van der Waals surface area contributed by atoms with Crippen molar-refractivity contribution in [1.29, 1.82) is 0 Å². The van der Waals surface area contributed by atoms with Gasteiger partial charge in [0.15, 0.2) is 5.66 Å². The summed E-state index contributed by atoms with van der Waals surface area (Å²) in [6.07, 6.45) is 1.81. The largest absolute Gasteiger partial charge is 0.481 e. The Bertz CT molecular complexity index is 1230. The van der Waals surface area contributed by atoms with Crippen LogP contribution in [0.2, 0.25) is 0 Å². The third-order valence-electron chi connectivity index (χ3n) is 5.00. The molecular formula is C20H22N6O6. The van der Waals surface area contributed by atoms with Crippen LogP contribution in [0.25, 0.3) is 11.0 Å². The van der Waals surface area contributed by atoms with Gasteiger partial charge in [0.1, 0.15) is 5.65 Å². The van der Waals surface area contributed by atoms with Crippen molar-refractivity contribution in [3.63, 3.8) is 0 Å². The van der Waals surface area contributed by atoms with Crippen LogP contribution in [0.5, 0.6) is 0 Å². The van der Waals surface area contributed by atoms with Gasteiger partial charge in [0.25, 0.3) is 11.5 Å². The van der Waals surface area contributed by atoms with Crippen molar-refractivity contribution in [2.45, 2.75) is 31.3 Å². The van der Waals surface area contributed by atoms with Crippen LogP contribution in [-0.2, 0) is 22.4 Å². The highest BCUT2D eigenvalue weighted by atomic mass is 16.4. The number of nitrogens with one attached hydrogen (secondary N) is 3. The first kappa shape index (κ1) is 22.5.